The summed E-state index contributed by atoms with van der Waals surface area (Å²) in [5.74, 6) is 0.199. The lowest BCUT2D eigenvalue weighted by Gasteiger charge is -2.15. The van der Waals surface area contributed by atoms with Gasteiger partial charge in [-0.05, 0) is 54.2 Å². The molecule has 0 aliphatic heterocycles. The quantitative estimate of drug-likeness (QED) is 0.302. The fourth-order valence-electron chi connectivity index (χ4n) is 3.47. The predicted molar refractivity (Wildman–Crippen MR) is 128 cm³/mol. The van der Waals surface area contributed by atoms with Gasteiger partial charge in [0.05, 0.1) is 0 Å². The van der Waals surface area contributed by atoms with Crippen LogP contribution in [0.3, 0.4) is 0 Å². The number of rotatable bonds is 10. The molecular formula is C26H31F3N4. The van der Waals surface area contributed by atoms with Crippen LogP contribution in [0, 0.1) is 0 Å². The largest absolute Gasteiger partial charge is 0.421 e. The lowest BCUT2D eigenvalue weighted by atomic mass is 10.0. The highest BCUT2D eigenvalue weighted by Crippen LogP contribution is 2.35. The summed E-state index contributed by atoms with van der Waals surface area (Å²) in [6.07, 6.45) is 1.89. The van der Waals surface area contributed by atoms with Crippen LogP contribution in [0.15, 0.2) is 54.7 Å². The van der Waals surface area contributed by atoms with Gasteiger partial charge in [-0.3, -0.25) is 0 Å². The summed E-state index contributed by atoms with van der Waals surface area (Å²) < 4.78 is 40.7. The molecule has 0 atom stereocenters. The van der Waals surface area contributed by atoms with Crippen LogP contribution >= 0.6 is 0 Å². The van der Waals surface area contributed by atoms with Crippen molar-refractivity contribution in [1.82, 2.24) is 9.97 Å². The number of aromatic nitrogens is 2. The van der Waals surface area contributed by atoms with Crippen molar-refractivity contribution in [3.8, 4) is 0 Å². The monoisotopic (exact) mass is 456 g/mol. The summed E-state index contributed by atoms with van der Waals surface area (Å²) in [7, 11) is 0. The van der Waals surface area contributed by atoms with Crippen LogP contribution < -0.4 is 10.6 Å². The predicted octanol–water partition coefficient (Wildman–Crippen LogP) is 8.23. The minimum Gasteiger partial charge on any atom is -0.340 e. The second kappa shape index (κ2) is 11.2. The second-order valence-electron chi connectivity index (χ2n) is 8.49. The van der Waals surface area contributed by atoms with E-state index in [1.807, 2.05) is 36.4 Å². The van der Waals surface area contributed by atoms with E-state index in [4.69, 9.17) is 0 Å². The van der Waals surface area contributed by atoms with Gasteiger partial charge in [-0.2, -0.15) is 18.2 Å². The van der Waals surface area contributed by atoms with E-state index in [9.17, 15) is 13.2 Å². The van der Waals surface area contributed by atoms with Crippen molar-refractivity contribution in [3.63, 3.8) is 0 Å². The van der Waals surface area contributed by atoms with E-state index in [-0.39, 0.29) is 11.8 Å². The number of nitrogens with zero attached hydrogens (tertiary/aromatic N) is 2. The number of nitrogens with one attached hydrogen (secondary N) is 2. The fraction of sp³-hybridized carbons (Fsp3) is 0.385. The molecule has 176 valence electrons. The Morgan fingerprint density at radius 2 is 1.48 bits per heavy atom. The Labute approximate surface area is 193 Å². The first-order chi connectivity index (χ1) is 15.8. The van der Waals surface area contributed by atoms with Crippen LogP contribution in [0.4, 0.5) is 36.3 Å². The highest BCUT2D eigenvalue weighted by molar-refractivity contribution is 5.63. The molecule has 1 aromatic heterocycles. The van der Waals surface area contributed by atoms with E-state index in [1.54, 1.807) is 12.1 Å². The molecule has 0 bridgehead atoms. The average Bonchev–Trinajstić information content (AvgIpc) is 2.77. The van der Waals surface area contributed by atoms with Gasteiger partial charge in [0.15, 0.2) is 0 Å². The van der Waals surface area contributed by atoms with Gasteiger partial charge in [-0.1, -0.05) is 64.3 Å². The van der Waals surface area contributed by atoms with E-state index in [0.717, 1.165) is 19.0 Å². The van der Waals surface area contributed by atoms with Gasteiger partial charge in [-0.25, -0.2) is 4.98 Å². The van der Waals surface area contributed by atoms with Crippen LogP contribution in [0.5, 0.6) is 0 Å². The van der Waals surface area contributed by atoms with Gasteiger partial charge in [0, 0.05) is 17.6 Å². The lowest BCUT2D eigenvalue weighted by molar-refractivity contribution is -0.137. The van der Waals surface area contributed by atoms with Crippen LogP contribution in [-0.2, 0) is 12.6 Å². The Morgan fingerprint density at radius 3 is 2.09 bits per heavy atom. The fourth-order valence-corrected chi connectivity index (χ4v) is 3.47. The van der Waals surface area contributed by atoms with Crippen molar-refractivity contribution < 1.29 is 13.2 Å². The maximum Gasteiger partial charge on any atom is 0.421 e. The summed E-state index contributed by atoms with van der Waals surface area (Å²) in [6.45, 7) is 6.36. The zero-order valence-electron chi connectivity index (χ0n) is 19.3. The number of hydrogen-bond donors (Lipinski definition) is 2. The van der Waals surface area contributed by atoms with Gasteiger partial charge in [0.1, 0.15) is 11.4 Å². The van der Waals surface area contributed by atoms with Crippen LogP contribution in [0.25, 0.3) is 0 Å². The number of aryl methyl sites for hydroxylation is 1. The molecule has 0 amide bonds. The Morgan fingerprint density at radius 1 is 0.848 bits per heavy atom. The molecule has 0 spiro atoms. The van der Waals surface area contributed by atoms with Gasteiger partial charge in [-0.15, -0.1) is 0 Å². The molecule has 0 saturated heterocycles. The van der Waals surface area contributed by atoms with Crippen molar-refractivity contribution >= 4 is 23.1 Å². The third-order valence-corrected chi connectivity index (χ3v) is 5.46. The van der Waals surface area contributed by atoms with Crippen molar-refractivity contribution in [2.75, 3.05) is 10.6 Å². The van der Waals surface area contributed by atoms with E-state index >= 15 is 0 Å². The molecule has 33 heavy (non-hydrogen) atoms. The summed E-state index contributed by atoms with van der Waals surface area (Å²) >= 11 is 0. The molecule has 0 radical (unpaired) electrons. The molecule has 0 fully saturated rings. The number of unbranched alkanes of at least 4 members (excludes halogenated alkanes) is 3. The van der Waals surface area contributed by atoms with Crippen molar-refractivity contribution in [2.24, 2.45) is 0 Å². The molecule has 0 unspecified atom stereocenters. The standard InChI is InChI=1S/C26H31F3N4/c1-4-5-6-7-8-19-9-13-21(14-10-19)31-24-23(26(27,28)29)17-30-25(33-24)32-22-15-11-20(12-16-22)18(2)3/h9-18H,4-8H2,1-3H3,(H2,30,31,32,33). The number of halogens is 3. The number of hydrogen-bond acceptors (Lipinski definition) is 4. The highest BCUT2D eigenvalue weighted by atomic mass is 19.4. The second-order valence-corrected chi connectivity index (χ2v) is 8.49. The van der Waals surface area contributed by atoms with E-state index in [1.165, 1.54) is 30.4 Å². The van der Waals surface area contributed by atoms with Crippen LogP contribution in [0.1, 0.15) is 69.1 Å². The molecule has 0 aliphatic carbocycles. The smallest absolute Gasteiger partial charge is 0.340 e. The molecule has 2 N–H and O–H groups in total. The summed E-state index contributed by atoms with van der Waals surface area (Å²) in [5.41, 5.74) is 2.68. The molecule has 2 aromatic carbocycles. The highest BCUT2D eigenvalue weighted by Gasteiger charge is 2.35. The van der Waals surface area contributed by atoms with E-state index in [0.29, 0.717) is 17.3 Å². The van der Waals surface area contributed by atoms with Crippen molar-refractivity contribution in [1.29, 1.82) is 0 Å². The maximum absolute atomic E-state index is 13.6. The molecule has 3 aromatic rings. The normalized spacial score (nSPS) is 11.6. The molecular weight excluding hydrogens is 425 g/mol. The third kappa shape index (κ3) is 7.20. The van der Waals surface area contributed by atoms with Gasteiger partial charge in [0.25, 0.3) is 0 Å². The maximum atomic E-state index is 13.6. The Balaban J connectivity index is 1.76. The number of anilines is 4. The zero-order valence-corrected chi connectivity index (χ0v) is 19.3. The molecule has 0 aliphatic rings. The molecule has 0 saturated carbocycles. The van der Waals surface area contributed by atoms with Gasteiger partial charge in [0.2, 0.25) is 5.95 Å². The number of benzene rings is 2. The average molecular weight is 457 g/mol. The first-order valence-electron chi connectivity index (χ1n) is 11.4. The SMILES string of the molecule is CCCCCCc1ccc(Nc2nc(Nc3ccc(C(C)C)cc3)ncc2C(F)(F)F)cc1. The number of alkyl halides is 3. The van der Waals surface area contributed by atoms with Gasteiger partial charge < -0.3 is 10.6 Å². The third-order valence-electron chi connectivity index (χ3n) is 5.46. The summed E-state index contributed by atoms with van der Waals surface area (Å²) in [6, 6.07) is 15.1. The lowest BCUT2D eigenvalue weighted by Crippen LogP contribution is -2.12. The zero-order chi connectivity index (χ0) is 23.8. The minimum atomic E-state index is -4.57. The van der Waals surface area contributed by atoms with Gasteiger partial charge >= 0.3 is 6.18 Å². The van der Waals surface area contributed by atoms with Crippen molar-refractivity contribution in [2.45, 2.75) is 65.0 Å². The summed E-state index contributed by atoms with van der Waals surface area (Å²) in [5, 5.41) is 5.81. The topological polar surface area (TPSA) is 49.8 Å². The van der Waals surface area contributed by atoms with Crippen LogP contribution in [0.2, 0.25) is 0 Å². The first-order valence-corrected chi connectivity index (χ1v) is 11.4. The molecule has 1 heterocycles. The van der Waals surface area contributed by atoms with E-state index < -0.39 is 11.7 Å². The summed E-state index contributed by atoms with van der Waals surface area (Å²) in [4.78, 5) is 8.01. The molecule has 7 heteroatoms. The Bertz CT molecular complexity index is 1010. The minimum absolute atomic E-state index is 0.0929. The molecule has 4 nitrogen and oxygen atoms in total. The molecule has 3 rings (SSSR count). The first kappa shape index (κ1) is 24.6. The van der Waals surface area contributed by atoms with Crippen LogP contribution in [-0.4, -0.2) is 9.97 Å². The Hall–Kier alpha value is -3.09. The van der Waals surface area contributed by atoms with E-state index in [2.05, 4.69) is 41.4 Å². The van der Waals surface area contributed by atoms with Crippen molar-refractivity contribution in [3.05, 3.63) is 71.4 Å². The Kier molecular flexibility index (Phi) is 8.31.